The summed E-state index contributed by atoms with van der Waals surface area (Å²) in [5, 5.41) is 13.0. The molecule has 0 heterocycles. The molecule has 0 aliphatic carbocycles. The molecule has 20 heavy (non-hydrogen) atoms. The number of aliphatic hydroxyl groups is 1. The fraction of sp³-hybridized carbons (Fsp3) is 0.571. The van der Waals surface area contributed by atoms with Crippen molar-refractivity contribution in [2.75, 3.05) is 25.1 Å². The Morgan fingerprint density at radius 1 is 1.20 bits per heavy atom. The van der Waals surface area contributed by atoms with E-state index in [2.05, 4.69) is 19.2 Å². The summed E-state index contributed by atoms with van der Waals surface area (Å²) in [6.45, 7) is 5.71. The van der Waals surface area contributed by atoms with E-state index in [1.165, 1.54) is 18.0 Å². The molecule has 0 fully saturated rings. The molecule has 1 rings (SSSR count). The van der Waals surface area contributed by atoms with Gasteiger partial charge < -0.3 is 10.4 Å². The molecular formula is C14H23NO3S2. The third-order valence-corrected chi connectivity index (χ3v) is 4.91. The Kier molecular flexibility index (Phi) is 7.02. The van der Waals surface area contributed by atoms with Crippen LogP contribution in [0.3, 0.4) is 0 Å². The van der Waals surface area contributed by atoms with E-state index in [0.29, 0.717) is 23.1 Å². The van der Waals surface area contributed by atoms with Gasteiger partial charge in [0, 0.05) is 23.4 Å². The topological polar surface area (TPSA) is 66.4 Å². The number of rotatable bonds is 8. The van der Waals surface area contributed by atoms with Crippen molar-refractivity contribution in [2.45, 2.75) is 29.7 Å². The lowest BCUT2D eigenvalue weighted by Crippen LogP contribution is -2.30. The molecule has 0 amide bonds. The lowest BCUT2D eigenvalue weighted by Gasteiger charge is -2.13. The molecule has 1 atom stereocenters. The lowest BCUT2D eigenvalue weighted by atomic mass is 10.2. The first-order chi connectivity index (χ1) is 9.29. The van der Waals surface area contributed by atoms with Crippen molar-refractivity contribution in [3.63, 3.8) is 0 Å². The van der Waals surface area contributed by atoms with E-state index in [1.54, 1.807) is 24.3 Å². The van der Waals surface area contributed by atoms with Gasteiger partial charge in [-0.1, -0.05) is 13.8 Å². The molecule has 1 aromatic rings. The van der Waals surface area contributed by atoms with Crippen LogP contribution in [0.25, 0.3) is 0 Å². The van der Waals surface area contributed by atoms with Gasteiger partial charge in [0.2, 0.25) is 0 Å². The number of benzene rings is 1. The van der Waals surface area contributed by atoms with Crippen LogP contribution >= 0.6 is 11.8 Å². The summed E-state index contributed by atoms with van der Waals surface area (Å²) in [6, 6.07) is 6.74. The van der Waals surface area contributed by atoms with Crippen LogP contribution in [0.1, 0.15) is 13.8 Å². The van der Waals surface area contributed by atoms with E-state index in [0.717, 1.165) is 11.4 Å². The Hall–Kier alpha value is -0.560. The van der Waals surface area contributed by atoms with Gasteiger partial charge in [-0.25, -0.2) is 8.42 Å². The zero-order chi connectivity index (χ0) is 15.2. The molecule has 0 spiro atoms. The first-order valence-electron chi connectivity index (χ1n) is 6.60. The van der Waals surface area contributed by atoms with Gasteiger partial charge in [0.15, 0.2) is 9.84 Å². The summed E-state index contributed by atoms with van der Waals surface area (Å²) < 4.78 is 22.7. The predicted octanol–water partition coefficient (Wildman–Crippen LogP) is 1.79. The average molecular weight is 317 g/mol. The minimum Gasteiger partial charge on any atom is -0.391 e. The van der Waals surface area contributed by atoms with Gasteiger partial charge in [-0.15, -0.1) is 11.8 Å². The molecule has 1 aromatic carbocycles. The zero-order valence-corrected chi connectivity index (χ0v) is 13.8. The molecule has 114 valence electrons. The number of nitrogens with one attached hydrogen (secondary N) is 1. The second-order valence-electron chi connectivity index (χ2n) is 5.26. The Balaban J connectivity index is 2.38. The highest BCUT2D eigenvalue weighted by atomic mass is 32.2. The molecule has 0 saturated carbocycles. The number of hydrogen-bond donors (Lipinski definition) is 2. The fourth-order valence-corrected chi connectivity index (χ4v) is 3.03. The maximum absolute atomic E-state index is 11.3. The summed E-state index contributed by atoms with van der Waals surface area (Å²) in [4.78, 5) is 1.28. The van der Waals surface area contributed by atoms with Crippen LogP contribution in [0.2, 0.25) is 0 Å². The molecule has 2 N–H and O–H groups in total. The Morgan fingerprint density at radius 2 is 1.80 bits per heavy atom. The molecule has 1 unspecified atom stereocenters. The minimum absolute atomic E-state index is 0.320. The van der Waals surface area contributed by atoms with Crippen molar-refractivity contribution in [3.8, 4) is 0 Å². The largest absolute Gasteiger partial charge is 0.391 e. The molecule has 6 heteroatoms. The van der Waals surface area contributed by atoms with Crippen LogP contribution in [0.4, 0.5) is 0 Å². The number of aliphatic hydroxyl groups excluding tert-OH is 1. The third-order valence-electron chi connectivity index (χ3n) is 2.63. The summed E-state index contributed by atoms with van der Waals surface area (Å²) in [5.74, 6) is 1.15. The van der Waals surface area contributed by atoms with Gasteiger partial charge in [0.25, 0.3) is 0 Å². The molecule has 0 aliphatic heterocycles. The van der Waals surface area contributed by atoms with Gasteiger partial charge in [-0.05, 0) is 36.7 Å². The van der Waals surface area contributed by atoms with E-state index >= 15 is 0 Å². The lowest BCUT2D eigenvalue weighted by molar-refractivity contribution is 0.194. The highest BCUT2D eigenvalue weighted by molar-refractivity contribution is 7.99. The van der Waals surface area contributed by atoms with Crippen LogP contribution in [-0.2, 0) is 9.84 Å². The first-order valence-corrected chi connectivity index (χ1v) is 9.48. The van der Waals surface area contributed by atoms with Crippen molar-refractivity contribution in [3.05, 3.63) is 24.3 Å². The second kappa shape index (κ2) is 8.02. The van der Waals surface area contributed by atoms with Crippen molar-refractivity contribution in [2.24, 2.45) is 5.92 Å². The average Bonchev–Trinajstić information content (AvgIpc) is 2.35. The molecular weight excluding hydrogens is 294 g/mol. The molecule has 4 nitrogen and oxygen atoms in total. The summed E-state index contributed by atoms with van der Waals surface area (Å²) >= 11 is 1.52. The van der Waals surface area contributed by atoms with E-state index in [9.17, 15) is 13.5 Å². The van der Waals surface area contributed by atoms with E-state index in [-0.39, 0.29) is 0 Å². The van der Waals surface area contributed by atoms with Gasteiger partial charge in [-0.3, -0.25) is 0 Å². The van der Waals surface area contributed by atoms with Crippen LogP contribution in [-0.4, -0.2) is 44.7 Å². The fourth-order valence-electron chi connectivity index (χ4n) is 1.57. The maximum atomic E-state index is 11.3. The second-order valence-corrected chi connectivity index (χ2v) is 8.37. The highest BCUT2D eigenvalue weighted by Crippen LogP contribution is 2.20. The van der Waals surface area contributed by atoms with Crippen LogP contribution in [0.5, 0.6) is 0 Å². The van der Waals surface area contributed by atoms with Crippen LogP contribution in [0.15, 0.2) is 34.1 Å². The van der Waals surface area contributed by atoms with E-state index < -0.39 is 15.9 Å². The van der Waals surface area contributed by atoms with E-state index in [4.69, 9.17) is 0 Å². The minimum atomic E-state index is -3.14. The van der Waals surface area contributed by atoms with Crippen molar-refractivity contribution >= 4 is 21.6 Å². The van der Waals surface area contributed by atoms with Gasteiger partial charge >= 0.3 is 0 Å². The van der Waals surface area contributed by atoms with Crippen LogP contribution in [0, 0.1) is 5.92 Å². The predicted molar refractivity (Wildman–Crippen MR) is 84.0 cm³/mol. The standard InChI is InChI=1S/C14H23NO3S2/c1-11(2)8-15-9-12(16)10-19-13-4-6-14(7-5-13)20(3,17)18/h4-7,11-12,15-16H,8-10H2,1-3H3. The third kappa shape index (κ3) is 6.74. The number of hydrogen-bond acceptors (Lipinski definition) is 5. The SMILES string of the molecule is CC(C)CNCC(O)CSc1ccc(S(C)(=O)=O)cc1. The highest BCUT2D eigenvalue weighted by Gasteiger charge is 2.08. The molecule has 0 aliphatic rings. The van der Waals surface area contributed by atoms with Crippen molar-refractivity contribution in [1.82, 2.24) is 5.32 Å². The Morgan fingerprint density at radius 3 is 2.30 bits per heavy atom. The molecule has 0 bridgehead atoms. The Labute approximate surface area is 125 Å². The Bertz CT molecular complexity index is 498. The number of sulfone groups is 1. The summed E-state index contributed by atoms with van der Waals surface area (Å²) in [7, 11) is -3.14. The quantitative estimate of drug-likeness (QED) is 0.716. The number of thioether (sulfide) groups is 1. The molecule has 0 saturated heterocycles. The normalized spacial score (nSPS) is 13.7. The van der Waals surface area contributed by atoms with E-state index in [1.807, 2.05) is 0 Å². The van der Waals surface area contributed by atoms with Crippen LogP contribution < -0.4 is 5.32 Å². The molecule has 0 radical (unpaired) electrons. The molecule has 0 aromatic heterocycles. The van der Waals surface area contributed by atoms with Crippen molar-refractivity contribution in [1.29, 1.82) is 0 Å². The van der Waals surface area contributed by atoms with Gasteiger partial charge in [0.1, 0.15) is 0 Å². The first kappa shape index (κ1) is 17.5. The zero-order valence-electron chi connectivity index (χ0n) is 12.2. The summed E-state index contributed by atoms with van der Waals surface area (Å²) in [6.07, 6.45) is 0.785. The van der Waals surface area contributed by atoms with Gasteiger partial charge in [-0.2, -0.15) is 0 Å². The smallest absolute Gasteiger partial charge is 0.175 e. The van der Waals surface area contributed by atoms with Gasteiger partial charge in [0.05, 0.1) is 11.0 Å². The summed E-state index contributed by atoms with van der Waals surface area (Å²) in [5.41, 5.74) is 0. The monoisotopic (exact) mass is 317 g/mol. The van der Waals surface area contributed by atoms with Crippen molar-refractivity contribution < 1.29 is 13.5 Å². The maximum Gasteiger partial charge on any atom is 0.175 e.